The van der Waals surface area contributed by atoms with Gasteiger partial charge in [0.1, 0.15) is 5.75 Å². The smallest absolute Gasteiger partial charge is 0.236 e. The molecule has 1 amide bonds. The second-order valence-electron chi connectivity index (χ2n) is 4.97. The number of nitrogens with one attached hydrogen (secondary N) is 1. The summed E-state index contributed by atoms with van der Waals surface area (Å²) in [5, 5.41) is 3.32. The van der Waals surface area contributed by atoms with Crippen LogP contribution >= 0.6 is 23.6 Å². The molecule has 3 N–H and O–H groups in total. The summed E-state index contributed by atoms with van der Waals surface area (Å²) in [7, 11) is 1.61. The van der Waals surface area contributed by atoms with E-state index >= 15 is 0 Å². The zero-order chi connectivity index (χ0) is 15.6. The van der Waals surface area contributed by atoms with Crippen molar-refractivity contribution in [3.05, 3.63) is 18.2 Å². The first kappa shape index (κ1) is 15.7. The summed E-state index contributed by atoms with van der Waals surface area (Å²) in [6.45, 7) is 3.82. The molecule has 1 atom stereocenters. The minimum atomic E-state index is -0.499. The Kier molecular flexibility index (Phi) is 4.74. The van der Waals surface area contributed by atoms with Gasteiger partial charge in [-0.1, -0.05) is 37.4 Å². The number of carbonyl (C=O) groups is 1. The normalized spacial score (nSPS) is 12.4. The zero-order valence-electron chi connectivity index (χ0n) is 12.0. The van der Waals surface area contributed by atoms with Crippen LogP contribution < -0.4 is 15.8 Å². The molecule has 1 unspecified atom stereocenters. The average molecular weight is 323 g/mol. The number of amides is 1. The Labute approximate surface area is 132 Å². The Morgan fingerprint density at radius 1 is 1.48 bits per heavy atom. The molecule has 1 aromatic carbocycles. The predicted octanol–water partition coefficient (Wildman–Crippen LogP) is 2.80. The number of hydrogen-bond donors (Lipinski definition) is 2. The third kappa shape index (κ3) is 3.48. The number of nitrogens with two attached hydrogens (primary N) is 1. The summed E-state index contributed by atoms with van der Waals surface area (Å²) < 4.78 is 6.12. The predicted molar refractivity (Wildman–Crippen MR) is 89.9 cm³/mol. The highest BCUT2D eigenvalue weighted by Crippen LogP contribution is 2.29. The van der Waals surface area contributed by atoms with Crippen LogP contribution in [0.1, 0.15) is 13.8 Å². The maximum atomic E-state index is 12.3. The van der Waals surface area contributed by atoms with Gasteiger partial charge in [0.15, 0.2) is 5.13 Å². The van der Waals surface area contributed by atoms with E-state index in [1.54, 1.807) is 7.11 Å². The van der Waals surface area contributed by atoms with Crippen molar-refractivity contribution in [2.24, 2.45) is 17.6 Å². The van der Waals surface area contributed by atoms with Gasteiger partial charge >= 0.3 is 0 Å². The van der Waals surface area contributed by atoms with Crippen LogP contribution in [0.2, 0.25) is 0 Å². The molecule has 1 aromatic heterocycles. The van der Waals surface area contributed by atoms with Crippen LogP contribution in [0.3, 0.4) is 0 Å². The first-order valence-corrected chi connectivity index (χ1v) is 7.69. The van der Waals surface area contributed by atoms with Crippen molar-refractivity contribution < 1.29 is 9.53 Å². The maximum absolute atomic E-state index is 12.3. The molecule has 0 spiro atoms. The topological polar surface area (TPSA) is 77.2 Å². The molecule has 21 heavy (non-hydrogen) atoms. The number of aromatic nitrogens is 1. The van der Waals surface area contributed by atoms with Crippen LogP contribution in [0.5, 0.6) is 5.75 Å². The standard InChI is InChI=1S/C14H17N3O2S2/c1-7(2)11(12(15)20)13(18)17-14-16-9-5-4-8(19-3)6-10(9)21-14/h4-7,11H,1-3H3,(H2,15,20)(H,16,17,18). The SMILES string of the molecule is COc1ccc2nc(NC(=O)C(C(N)=S)C(C)C)sc2c1. The molecule has 7 heteroatoms. The van der Waals surface area contributed by atoms with Gasteiger partial charge < -0.3 is 15.8 Å². The molecular formula is C14H17N3O2S2. The minimum absolute atomic E-state index is 0.0389. The van der Waals surface area contributed by atoms with Gasteiger partial charge in [0.25, 0.3) is 0 Å². The van der Waals surface area contributed by atoms with E-state index in [1.165, 1.54) is 11.3 Å². The molecule has 0 fully saturated rings. The van der Waals surface area contributed by atoms with Gasteiger partial charge in [-0.3, -0.25) is 4.79 Å². The van der Waals surface area contributed by atoms with E-state index < -0.39 is 5.92 Å². The highest BCUT2D eigenvalue weighted by atomic mass is 32.1. The van der Waals surface area contributed by atoms with E-state index in [1.807, 2.05) is 32.0 Å². The lowest BCUT2D eigenvalue weighted by Crippen LogP contribution is -2.36. The summed E-state index contributed by atoms with van der Waals surface area (Å²) in [6, 6.07) is 5.57. The van der Waals surface area contributed by atoms with Crippen molar-refractivity contribution >= 4 is 49.8 Å². The van der Waals surface area contributed by atoms with Gasteiger partial charge in [-0.25, -0.2) is 4.98 Å². The van der Waals surface area contributed by atoms with Gasteiger partial charge in [0.2, 0.25) is 5.91 Å². The van der Waals surface area contributed by atoms with Gasteiger partial charge in [0, 0.05) is 0 Å². The second-order valence-corrected chi connectivity index (χ2v) is 6.47. The van der Waals surface area contributed by atoms with Crippen molar-refractivity contribution in [3.63, 3.8) is 0 Å². The van der Waals surface area contributed by atoms with Crippen LogP contribution in [-0.2, 0) is 4.79 Å². The molecule has 0 saturated heterocycles. The van der Waals surface area contributed by atoms with Crippen molar-refractivity contribution in [1.82, 2.24) is 4.98 Å². The Morgan fingerprint density at radius 3 is 2.76 bits per heavy atom. The Bertz CT molecular complexity index is 682. The zero-order valence-corrected chi connectivity index (χ0v) is 13.7. The number of rotatable bonds is 5. The average Bonchev–Trinajstić information content (AvgIpc) is 2.78. The summed E-state index contributed by atoms with van der Waals surface area (Å²) in [5.41, 5.74) is 6.45. The fourth-order valence-electron chi connectivity index (χ4n) is 2.03. The molecule has 112 valence electrons. The van der Waals surface area contributed by atoms with Crippen LogP contribution in [0.25, 0.3) is 10.2 Å². The summed E-state index contributed by atoms with van der Waals surface area (Å²) in [5.74, 6) is 0.0780. The first-order chi connectivity index (χ1) is 9.92. The quantitative estimate of drug-likeness (QED) is 0.827. The van der Waals surface area contributed by atoms with Crippen LogP contribution in [0.4, 0.5) is 5.13 Å². The second kappa shape index (κ2) is 6.36. The lowest BCUT2D eigenvalue weighted by molar-refractivity contribution is -0.118. The Hall–Kier alpha value is -1.73. The molecule has 0 bridgehead atoms. The lowest BCUT2D eigenvalue weighted by Gasteiger charge is -2.17. The number of carbonyl (C=O) groups excluding carboxylic acids is 1. The maximum Gasteiger partial charge on any atom is 0.236 e. The van der Waals surface area contributed by atoms with Gasteiger partial charge in [-0.05, 0) is 24.1 Å². The molecule has 5 nitrogen and oxygen atoms in total. The minimum Gasteiger partial charge on any atom is -0.497 e. The molecule has 0 aliphatic carbocycles. The number of benzene rings is 1. The van der Waals surface area contributed by atoms with Crippen molar-refractivity contribution in [3.8, 4) is 5.75 Å². The molecule has 2 rings (SSSR count). The molecule has 0 aliphatic rings. The highest BCUT2D eigenvalue weighted by Gasteiger charge is 2.25. The van der Waals surface area contributed by atoms with Gasteiger partial charge in [-0.15, -0.1) is 0 Å². The molecule has 0 radical (unpaired) electrons. The lowest BCUT2D eigenvalue weighted by atomic mass is 9.95. The molecule has 1 heterocycles. The summed E-state index contributed by atoms with van der Waals surface area (Å²) in [4.78, 5) is 16.8. The van der Waals surface area contributed by atoms with Gasteiger partial charge in [0.05, 0.1) is 28.2 Å². The molecular weight excluding hydrogens is 306 g/mol. The highest BCUT2D eigenvalue weighted by molar-refractivity contribution is 7.80. The number of nitrogens with zero attached hydrogens (tertiary/aromatic N) is 1. The number of ether oxygens (including phenoxy) is 1. The first-order valence-electron chi connectivity index (χ1n) is 6.47. The van der Waals surface area contributed by atoms with E-state index in [-0.39, 0.29) is 16.8 Å². The largest absolute Gasteiger partial charge is 0.497 e. The van der Waals surface area contributed by atoms with Crippen LogP contribution in [0.15, 0.2) is 18.2 Å². The van der Waals surface area contributed by atoms with E-state index in [0.717, 1.165) is 16.0 Å². The van der Waals surface area contributed by atoms with Crippen molar-refractivity contribution in [2.45, 2.75) is 13.8 Å². The molecule has 2 aromatic rings. The number of thiazole rings is 1. The Balaban J connectivity index is 2.23. The van der Waals surface area contributed by atoms with Crippen LogP contribution in [0, 0.1) is 11.8 Å². The Morgan fingerprint density at radius 2 is 2.19 bits per heavy atom. The van der Waals surface area contributed by atoms with E-state index in [2.05, 4.69) is 10.3 Å². The van der Waals surface area contributed by atoms with E-state index in [4.69, 9.17) is 22.7 Å². The monoisotopic (exact) mass is 323 g/mol. The van der Waals surface area contributed by atoms with Gasteiger partial charge in [-0.2, -0.15) is 0 Å². The number of anilines is 1. The number of thiocarbonyl (C=S) groups is 1. The summed E-state index contributed by atoms with van der Waals surface area (Å²) >= 11 is 6.36. The number of methoxy groups -OCH3 is 1. The third-order valence-electron chi connectivity index (χ3n) is 3.08. The fraction of sp³-hybridized carbons (Fsp3) is 0.357. The van der Waals surface area contributed by atoms with Crippen molar-refractivity contribution in [2.75, 3.05) is 12.4 Å². The number of fused-ring (bicyclic) bond motifs is 1. The van der Waals surface area contributed by atoms with E-state index in [0.29, 0.717) is 5.13 Å². The molecule has 0 aliphatic heterocycles. The van der Waals surface area contributed by atoms with Crippen LogP contribution in [-0.4, -0.2) is 23.0 Å². The fourth-order valence-corrected chi connectivity index (χ4v) is 3.31. The molecule has 0 saturated carbocycles. The summed E-state index contributed by atoms with van der Waals surface area (Å²) in [6.07, 6.45) is 0. The third-order valence-corrected chi connectivity index (χ3v) is 4.27. The van der Waals surface area contributed by atoms with Crippen molar-refractivity contribution in [1.29, 1.82) is 0 Å². The number of hydrogen-bond acceptors (Lipinski definition) is 5. The van der Waals surface area contributed by atoms with E-state index in [9.17, 15) is 4.79 Å².